The lowest BCUT2D eigenvalue weighted by Gasteiger charge is -2.23. The van der Waals surface area contributed by atoms with Gasteiger partial charge in [0.25, 0.3) is 5.78 Å². The van der Waals surface area contributed by atoms with Crippen LogP contribution in [-0.4, -0.2) is 48.1 Å². The second kappa shape index (κ2) is 11.8. The van der Waals surface area contributed by atoms with Crippen LogP contribution in [0.2, 0.25) is 0 Å². The molecule has 9 nitrogen and oxygen atoms in total. The number of anilines is 1. The van der Waals surface area contributed by atoms with Crippen LogP contribution in [0.3, 0.4) is 0 Å². The van der Waals surface area contributed by atoms with Crippen molar-refractivity contribution in [3.8, 4) is 11.5 Å². The average molecular weight is 573 g/mol. The standard InChI is InChI=1S/C31H28N2O7S/c1-4-15-40-21-8-6-7-20(16-21)27(34)25-26(18-9-11-19(12-10-18)30(37)38-3)33(29(36)28(25)35)31-32-23-14-13-22(39-5-2)17-24(23)41-31/h6-14,16-17,26,34H,4-5,15H2,1-3H3. The molecule has 1 saturated heterocycles. The summed E-state index contributed by atoms with van der Waals surface area (Å²) >= 11 is 1.23. The molecular formula is C31H28N2O7S. The molecule has 0 aliphatic carbocycles. The van der Waals surface area contributed by atoms with E-state index in [0.29, 0.717) is 46.9 Å². The number of ketones is 1. The third-order valence-electron chi connectivity index (χ3n) is 6.54. The molecule has 1 fully saturated rings. The number of rotatable bonds is 9. The molecule has 5 rings (SSSR count). The van der Waals surface area contributed by atoms with Crippen molar-refractivity contribution in [3.05, 3.63) is 89.0 Å². The average Bonchev–Trinajstić information content (AvgIpc) is 3.53. The van der Waals surface area contributed by atoms with Gasteiger partial charge < -0.3 is 19.3 Å². The van der Waals surface area contributed by atoms with Crippen LogP contribution in [0.5, 0.6) is 11.5 Å². The van der Waals surface area contributed by atoms with Gasteiger partial charge in [0.2, 0.25) is 0 Å². The van der Waals surface area contributed by atoms with Gasteiger partial charge in [-0.25, -0.2) is 9.78 Å². The number of fused-ring (bicyclic) bond motifs is 1. The van der Waals surface area contributed by atoms with Crippen LogP contribution < -0.4 is 14.4 Å². The monoisotopic (exact) mass is 572 g/mol. The van der Waals surface area contributed by atoms with Crippen molar-refractivity contribution in [3.63, 3.8) is 0 Å². The predicted octanol–water partition coefficient (Wildman–Crippen LogP) is 5.90. The maximum atomic E-state index is 13.6. The molecule has 0 saturated carbocycles. The Labute approximate surface area is 240 Å². The Balaban J connectivity index is 1.66. The molecule has 0 radical (unpaired) electrons. The van der Waals surface area contributed by atoms with E-state index in [2.05, 4.69) is 4.98 Å². The minimum Gasteiger partial charge on any atom is -0.507 e. The molecule has 4 aromatic rings. The summed E-state index contributed by atoms with van der Waals surface area (Å²) in [6, 6.07) is 17.5. The number of carbonyl (C=O) groups is 3. The predicted molar refractivity (Wildman–Crippen MR) is 156 cm³/mol. The summed E-state index contributed by atoms with van der Waals surface area (Å²) in [7, 11) is 1.29. The maximum Gasteiger partial charge on any atom is 0.337 e. The lowest BCUT2D eigenvalue weighted by Crippen LogP contribution is -2.29. The number of aromatic nitrogens is 1. The number of esters is 1. The molecule has 3 aromatic carbocycles. The van der Waals surface area contributed by atoms with Gasteiger partial charge in [-0.15, -0.1) is 0 Å². The van der Waals surface area contributed by atoms with E-state index in [-0.39, 0.29) is 16.5 Å². The molecular weight excluding hydrogens is 544 g/mol. The molecule has 210 valence electrons. The molecule has 0 bridgehead atoms. The zero-order valence-corrected chi connectivity index (χ0v) is 23.6. The molecule has 1 unspecified atom stereocenters. The van der Waals surface area contributed by atoms with Crippen LogP contribution in [0.25, 0.3) is 16.0 Å². The van der Waals surface area contributed by atoms with Crippen molar-refractivity contribution in [2.24, 2.45) is 0 Å². The summed E-state index contributed by atoms with van der Waals surface area (Å²) in [5.74, 6) is -1.34. The quantitative estimate of drug-likeness (QED) is 0.114. The van der Waals surface area contributed by atoms with Gasteiger partial charge in [-0.3, -0.25) is 14.5 Å². The van der Waals surface area contributed by atoms with Gasteiger partial charge >= 0.3 is 11.9 Å². The molecule has 10 heteroatoms. The molecule has 1 N–H and O–H groups in total. The number of amides is 1. The number of aliphatic hydroxyl groups excluding tert-OH is 1. The summed E-state index contributed by atoms with van der Waals surface area (Å²) in [4.78, 5) is 45.1. The summed E-state index contributed by atoms with van der Waals surface area (Å²) in [6.45, 7) is 4.86. The fourth-order valence-electron chi connectivity index (χ4n) is 4.63. The van der Waals surface area contributed by atoms with E-state index in [1.165, 1.54) is 23.3 Å². The highest BCUT2D eigenvalue weighted by Gasteiger charge is 2.48. The molecule has 1 amide bonds. The van der Waals surface area contributed by atoms with Crippen LogP contribution in [-0.2, 0) is 14.3 Å². The first kappa shape index (κ1) is 27.9. The SMILES string of the molecule is CCCOc1cccc(C(O)=C2C(=O)C(=O)N(c3nc4ccc(OCC)cc4s3)C2c2ccc(C(=O)OC)cc2)c1. The highest BCUT2D eigenvalue weighted by Crippen LogP contribution is 2.45. The topological polar surface area (TPSA) is 115 Å². The Morgan fingerprint density at radius 2 is 1.73 bits per heavy atom. The number of nitrogens with zero attached hydrogens (tertiary/aromatic N) is 2. The number of benzene rings is 3. The van der Waals surface area contributed by atoms with Crippen molar-refractivity contribution in [1.29, 1.82) is 0 Å². The Hall–Kier alpha value is -4.70. The number of methoxy groups -OCH3 is 1. The van der Waals surface area contributed by atoms with Gasteiger partial charge in [0, 0.05) is 5.56 Å². The molecule has 1 aliphatic heterocycles. The van der Waals surface area contributed by atoms with Crippen LogP contribution in [0.15, 0.2) is 72.3 Å². The number of Topliss-reactive ketones (excluding diaryl/α,β-unsaturated/α-hetero) is 1. The summed E-state index contributed by atoms with van der Waals surface area (Å²) in [6.07, 6.45) is 0.803. The Bertz CT molecular complexity index is 1660. The highest BCUT2D eigenvalue weighted by molar-refractivity contribution is 7.22. The van der Waals surface area contributed by atoms with Crippen LogP contribution >= 0.6 is 11.3 Å². The van der Waals surface area contributed by atoms with E-state index in [1.54, 1.807) is 60.7 Å². The first-order valence-corrected chi connectivity index (χ1v) is 13.9. The van der Waals surface area contributed by atoms with Gasteiger partial charge in [0.1, 0.15) is 17.3 Å². The minimum atomic E-state index is -1.01. The van der Waals surface area contributed by atoms with Crippen LogP contribution in [0.1, 0.15) is 47.8 Å². The van der Waals surface area contributed by atoms with Gasteiger partial charge in [0.05, 0.1) is 47.7 Å². The summed E-state index contributed by atoms with van der Waals surface area (Å²) < 4.78 is 16.9. The van der Waals surface area contributed by atoms with E-state index in [4.69, 9.17) is 14.2 Å². The molecule has 1 aliphatic rings. The third-order valence-corrected chi connectivity index (χ3v) is 7.56. The molecule has 1 atom stereocenters. The number of aliphatic hydroxyl groups is 1. The zero-order chi connectivity index (χ0) is 29.1. The van der Waals surface area contributed by atoms with Crippen LogP contribution in [0, 0.1) is 0 Å². The Morgan fingerprint density at radius 3 is 2.44 bits per heavy atom. The number of carbonyl (C=O) groups excluding carboxylic acids is 3. The van der Waals surface area contributed by atoms with Crippen molar-refractivity contribution in [2.45, 2.75) is 26.3 Å². The first-order chi connectivity index (χ1) is 19.9. The Kier molecular flexibility index (Phi) is 8.02. The minimum absolute atomic E-state index is 0.0947. The molecule has 41 heavy (non-hydrogen) atoms. The Morgan fingerprint density at radius 1 is 0.976 bits per heavy atom. The first-order valence-electron chi connectivity index (χ1n) is 13.1. The number of hydrogen-bond donors (Lipinski definition) is 1. The third kappa shape index (κ3) is 5.38. The van der Waals surface area contributed by atoms with E-state index >= 15 is 0 Å². The number of thiazole rings is 1. The lowest BCUT2D eigenvalue weighted by atomic mass is 9.94. The summed E-state index contributed by atoms with van der Waals surface area (Å²) in [5.41, 5.74) is 1.68. The number of ether oxygens (including phenoxy) is 3. The van der Waals surface area contributed by atoms with Crippen molar-refractivity contribution >= 4 is 50.1 Å². The van der Waals surface area contributed by atoms with Crippen LogP contribution in [0.4, 0.5) is 5.13 Å². The van der Waals surface area contributed by atoms with Crippen molar-refractivity contribution in [2.75, 3.05) is 25.2 Å². The van der Waals surface area contributed by atoms with E-state index in [0.717, 1.165) is 11.1 Å². The second-order valence-corrected chi connectivity index (χ2v) is 10.2. The van der Waals surface area contributed by atoms with Gasteiger partial charge in [-0.1, -0.05) is 42.5 Å². The second-order valence-electron chi connectivity index (χ2n) is 9.22. The smallest absolute Gasteiger partial charge is 0.337 e. The van der Waals surface area contributed by atoms with Gasteiger partial charge in [-0.2, -0.15) is 0 Å². The fourth-order valence-corrected chi connectivity index (χ4v) is 5.65. The lowest BCUT2D eigenvalue weighted by molar-refractivity contribution is -0.132. The molecule has 2 heterocycles. The largest absolute Gasteiger partial charge is 0.507 e. The van der Waals surface area contributed by atoms with Crippen molar-refractivity contribution in [1.82, 2.24) is 4.98 Å². The van der Waals surface area contributed by atoms with Gasteiger partial charge in [0.15, 0.2) is 5.13 Å². The van der Waals surface area contributed by atoms with Crippen molar-refractivity contribution < 1.29 is 33.7 Å². The number of hydrogen-bond acceptors (Lipinski definition) is 9. The zero-order valence-electron chi connectivity index (χ0n) is 22.7. The molecule has 0 spiro atoms. The molecule has 1 aromatic heterocycles. The summed E-state index contributed by atoms with van der Waals surface area (Å²) in [5, 5.41) is 11.8. The van der Waals surface area contributed by atoms with E-state index < -0.39 is 23.7 Å². The van der Waals surface area contributed by atoms with E-state index in [9.17, 15) is 19.5 Å². The normalized spacial score (nSPS) is 16.3. The highest BCUT2D eigenvalue weighted by atomic mass is 32.1. The van der Waals surface area contributed by atoms with Gasteiger partial charge in [-0.05, 0) is 61.4 Å². The van der Waals surface area contributed by atoms with E-state index in [1.807, 2.05) is 19.9 Å². The fraction of sp³-hybridized carbons (Fsp3) is 0.226. The maximum absolute atomic E-state index is 13.6.